The number of aryl methyl sites for hydroxylation is 2. The molecule has 0 saturated heterocycles. The maximum absolute atomic E-state index is 6.02. The standard InChI is InChI=1S/C11H12ClN3/c1-6-7(2)15-11(13-6)9(8-3-4-8)5-10(12)14-15/h5,8H,3-4H2,1-2H3. The predicted molar refractivity (Wildman–Crippen MR) is 59.4 cm³/mol. The number of rotatable bonds is 1. The van der Waals surface area contributed by atoms with Crippen molar-refractivity contribution >= 4 is 17.2 Å². The number of nitrogens with zero attached hydrogens (tertiary/aromatic N) is 3. The van der Waals surface area contributed by atoms with Gasteiger partial charge in [0, 0.05) is 5.56 Å². The Kier molecular flexibility index (Phi) is 1.80. The summed E-state index contributed by atoms with van der Waals surface area (Å²) < 4.78 is 1.87. The van der Waals surface area contributed by atoms with Gasteiger partial charge in [0.25, 0.3) is 0 Å². The van der Waals surface area contributed by atoms with Crippen LogP contribution in [0.1, 0.15) is 35.7 Å². The molecule has 0 N–H and O–H groups in total. The van der Waals surface area contributed by atoms with Gasteiger partial charge in [0.2, 0.25) is 0 Å². The Morgan fingerprint density at radius 1 is 1.40 bits per heavy atom. The molecule has 1 fully saturated rings. The molecule has 1 aliphatic rings. The van der Waals surface area contributed by atoms with Crippen LogP contribution >= 0.6 is 11.6 Å². The van der Waals surface area contributed by atoms with Crippen LogP contribution in [-0.4, -0.2) is 14.6 Å². The van der Waals surface area contributed by atoms with Crippen molar-refractivity contribution in [2.45, 2.75) is 32.6 Å². The van der Waals surface area contributed by atoms with E-state index in [-0.39, 0.29) is 0 Å². The van der Waals surface area contributed by atoms with Crippen LogP contribution < -0.4 is 0 Å². The van der Waals surface area contributed by atoms with E-state index in [2.05, 4.69) is 10.1 Å². The number of imidazole rings is 1. The first-order valence-corrected chi connectivity index (χ1v) is 5.57. The summed E-state index contributed by atoms with van der Waals surface area (Å²) in [6.45, 7) is 4.03. The second-order valence-corrected chi connectivity index (χ2v) is 4.60. The van der Waals surface area contributed by atoms with Crippen LogP contribution in [0.5, 0.6) is 0 Å². The molecule has 0 unspecified atom stereocenters. The van der Waals surface area contributed by atoms with Crippen molar-refractivity contribution in [2.75, 3.05) is 0 Å². The molecule has 0 amide bonds. The van der Waals surface area contributed by atoms with Gasteiger partial charge in [-0.2, -0.15) is 5.10 Å². The van der Waals surface area contributed by atoms with E-state index in [4.69, 9.17) is 11.6 Å². The summed E-state index contributed by atoms with van der Waals surface area (Å²) >= 11 is 6.02. The molecule has 1 aliphatic carbocycles. The smallest absolute Gasteiger partial charge is 0.157 e. The molecule has 0 spiro atoms. The van der Waals surface area contributed by atoms with Crippen LogP contribution in [0.3, 0.4) is 0 Å². The first-order chi connectivity index (χ1) is 7.16. The van der Waals surface area contributed by atoms with Crippen molar-refractivity contribution in [1.82, 2.24) is 14.6 Å². The molecule has 2 aromatic rings. The molecule has 0 atom stereocenters. The second-order valence-electron chi connectivity index (χ2n) is 4.21. The fraction of sp³-hybridized carbons (Fsp3) is 0.455. The Balaban J connectivity index is 2.38. The average molecular weight is 222 g/mol. The van der Waals surface area contributed by atoms with E-state index in [0.717, 1.165) is 17.0 Å². The molecular formula is C11H12ClN3. The van der Waals surface area contributed by atoms with Gasteiger partial charge < -0.3 is 0 Å². The topological polar surface area (TPSA) is 30.2 Å². The summed E-state index contributed by atoms with van der Waals surface area (Å²) in [5.74, 6) is 0.647. The molecule has 0 aromatic carbocycles. The van der Waals surface area contributed by atoms with E-state index in [1.54, 1.807) is 0 Å². The van der Waals surface area contributed by atoms with Gasteiger partial charge >= 0.3 is 0 Å². The predicted octanol–water partition coefficient (Wildman–Crippen LogP) is 2.88. The fourth-order valence-electron chi connectivity index (χ4n) is 1.92. The SMILES string of the molecule is Cc1nc2c(C3CC3)cc(Cl)nn2c1C. The lowest BCUT2D eigenvalue weighted by atomic mass is 10.2. The molecule has 1 saturated carbocycles. The van der Waals surface area contributed by atoms with Crippen molar-refractivity contribution in [3.8, 4) is 0 Å². The first kappa shape index (κ1) is 9.16. The summed E-state index contributed by atoms with van der Waals surface area (Å²) in [7, 11) is 0. The first-order valence-electron chi connectivity index (χ1n) is 5.19. The molecule has 2 aromatic heterocycles. The summed E-state index contributed by atoms with van der Waals surface area (Å²) in [4.78, 5) is 4.56. The maximum Gasteiger partial charge on any atom is 0.157 e. The van der Waals surface area contributed by atoms with Crippen LogP contribution in [0.25, 0.3) is 5.65 Å². The highest BCUT2D eigenvalue weighted by Crippen LogP contribution is 2.42. The number of fused-ring (bicyclic) bond motifs is 1. The Labute approximate surface area is 93.1 Å². The second kappa shape index (κ2) is 2.95. The Morgan fingerprint density at radius 3 is 2.80 bits per heavy atom. The minimum atomic E-state index is 0.560. The highest BCUT2D eigenvalue weighted by Gasteiger charge is 2.27. The third-order valence-electron chi connectivity index (χ3n) is 3.06. The third-order valence-corrected chi connectivity index (χ3v) is 3.25. The molecular weight excluding hydrogens is 210 g/mol. The highest BCUT2D eigenvalue weighted by atomic mass is 35.5. The summed E-state index contributed by atoms with van der Waals surface area (Å²) in [5, 5.41) is 4.85. The molecule has 3 rings (SSSR count). The molecule has 0 bridgehead atoms. The van der Waals surface area contributed by atoms with Crippen molar-refractivity contribution < 1.29 is 0 Å². The highest BCUT2D eigenvalue weighted by molar-refractivity contribution is 6.29. The van der Waals surface area contributed by atoms with E-state index in [1.807, 2.05) is 24.4 Å². The Morgan fingerprint density at radius 2 is 2.13 bits per heavy atom. The zero-order valence-electron chi connectivity index (χ0n) is 8.79. The van der Waals surface area contributed by atoms with Crippen molar-refractivity contribution in [2.24, 2.45) is 0 Å². The third kappa shape index (κ3) is 1.34. The van der Waals surface area contributed by atoms with Crippen LogP contribution in [-0.2, 0) is 0 Å². The molecule has 15 heavy (non-hydrogen) atoms. The largest absolute Gasteiger partial charge is 0.232 e. The van der Waals surface area contributed by atoms with E-state index < -0.39 is 0 Å². The average Bonchev–Trinajstić information content (AvgIpc) is 2.98. The summed E-state index contributed by atoms with van der Waals surface area (Å²) in [6.07, 6.45) is 2.50. The molecule has 0 radical (unpaired) electrons. The zero-order chi connectivity index (χ0) is 10.6. The Hall–Kier alpha value is -1.09. The summed E-state index contributed by atoms with van der Waals surface area (Å²) in [5.41, 5.74) is 4.35. The number of hydrogen-bond acceptors (Lipinski definition) is 2. The van der Waals surface area contributed by atoms with Crippen LogP contribution in [0, 0.1) is 13.8 Å². The van der Waals surface area contributed by atoms with E-state index in [9.17, 15) is 0 Å². The fourth-order valence-corrected chi connectivity index (χ4v) is 2.11. The van der Waals surface area contributed by atoms with Gasteiger partial charge in [-0.15, -0.1) is 0 Å². The lowest BCUT2D eigenvalue weighted by Crippen LogP contribution is -1.98. The molecule has 0 aliphatic heterocycles. The molecule has 3 nitrogen and oxygen atoms in total. The zero-order valence-corrected chi connectivity index (χ0v) is 9.54. The van der Waals surface area contributed by atoms with Gasteiger partial charge in [-0.05, 0) is 38.7 Å². The van der Waals surface area contributed by atoms with Gasteiger partial charge in [0.15, 0.2) is 5.65 Å². The molecule has 2 heterocycles. The van der Waals surface area contributed by atoms with E-state index in [0.29, 0.717) is 11.1 Å². The van der Waals surface area contributed by atoms with Gasteiger partial charge in [0.05, 0.1) is 11.4 Å². The molecule has 78 valence electrons. The summed E-state index contributed by atoms with van der Waals surface area (Å²) in [6, 6.07) is 1.96. The van der Waals surface area contributed by atoms with E-state index in [1.165, 1.54) is 18.4 Å². The van der Waals surface area contributed by atoms with Crippen molar-refractivity contribution in [3.63, 3.8) is 0 Å². The quantitative estimate of drug-likeness (QED) is 0.741. The number of halogens is 1. The normalized spacial score (nSPS) is 16.2. The van der Waals surface area contributed by atoms with Crippen LogP contribution in [0.4, 0.5) is 0 Å². The number of hydrogen-bond donors (Lipinski definition) is 0. The maximum atomic E-state index is 6.02. The number of aromatic nitrogens is 3. The lowest BCUT2D eigenvalue weighted by molar-refractivity contribution is 0.880. The van der Waals surface area contributed by atoms with Gasteiger partial charge in [-0.25, -0.2) is 9.50 Å². The van der Waals surface area contributed by atoms with Gasteiger partial charge in [-0.1, -0.05) is 11.6 Å². The minimum absolute atomic E-state index is 0.560. The van der Waals surface area contributed by atoms with Gasteiger partial charge in [-0.3, -0.25) is 0 Å². The lowest BCUT2D eigenvalue weighted by Gasteiger charge is -2.02. The minimum Gasteiger partial charge on any atom is -0.232 e. The Bertz CT molecular complexity index is 540. The van der Waals surface area contributed by atoms with E-state index >= 15 is 0 Å². The van der Waals surface area contributed by atoms with Crippen molar-refractivity contribution in [1.29, 1.82) is 0 Å². The van der Waals surface area contributed by atoms with Gasteiger partial charge in [0.1, 0.15) is 5.15 Å². The van der Waals surface area contributed by atoms with Crippen LogP contribution in [0.2, 0.25) is 5.15 Å². The van der Waals surface area contributed by atoms with Crippen molar-refractivity contribution in [3.05, 3.63) is 28.2 Å². The van der Waals surface area contributed by atoms with Crippen LogP contribution in [0.15, 0.2) is 6.07 Å². The monoisotopic (exact) mass is 221 g/mol. The molecule has 4 heteroatoms.